The minimum Gasteiger partial charge on any atom is -0.497 e. The lowest BCUT2D eigenvalue weighted by Crippen LogP contribution is -2.52. The van der Waals surface area contributed by atoms with Crippen LogP contribution in [0.1, 0.15) is 23.5 Å². The SMILES string of the molecule is COc1cccc(CNC(=O)N2CCN(C(C)c3nc4ccccc4s3)CC2)c1. The fraction of sp³-hybridized carbons (Fsp3) is 0.364. The van der Waals surface area contributed by atoms with E-state index >= 15 is 0 Å². The van der Waals surface area contributed by atoms with E-state index in [9.17, 15) is 4.79 Å². The number of aromatic nitrogens is 1. The van der Waals surface area contributed by atoms with Crippen LogP contribution in [0.2, 0.25) is 0 Å². The summed E-state index contributed by atoms with van der Waals surface area (Å²) in [5.74, 6) is 0.800. The van der Waals surface area contributed by atoms with Gasteiger partial charge in [-0.05, 0) is 36.8 Å². The van der Waals surface area contributed by atoms with E-state index in [1.165, 1.54) is 4.70 Å². The normalized spacial score (nSPS) is 16.0. The number of methoxy groups -OCH3 is 1. The number of hydrogen-bond acceptors (Lipinski definition) is 5. The van der Waals surface area contributed by atoms with Gasteiger partial charge in [0.05, 0.1) is 23.4 Å². The smallest absolute Gasteiger partial charge is 0.317 e. The fourth-order valence-corrected chi connectivity index (χ4v) is 4.66. The number of benzene rings is 2. The molecule has 1 atom stereocenters. The molecule has 29 heavy (non-hydrogen) atoms. The third-order valence-electron chi connectivity index (χ3n) is 5.39. The summed E-state index contributed by atoms with van der Waals surface area (Å²) in [5.41, 5.74) is 2.09. The number of rotatable bonds is 5. The number of urea groups is 1. The highest BCUT2D eigenvalue weighted by atomic mass is 32.1. The molecule has 2 aromatic carbocycles. The molecule has 0 aliphatic carbocycles. The van der Waals surface area contributed by atoms with Crippen LogP contribution in [0.3, 0.4) is 0 Å². The molecule has 152 valence electrons. The van der Waals surface area contributed by atoms with Crippen molar-refractivity contribution in [1.29, 1.82) is 0 Å². The summed E-state index contributed by atoms with van der Waals surface area (Å²) in [6.07, 6.45) is 0. The van der Waals surface area contributed by atoms with Crippen molar-refractivity contribution >= 4 is 27.6 Å². The molecular formula is C22H26N4O2S. The quantitative estimate of drug-likeness (QED) is 0.693. The molecule has 3 aromatic rings. The van der Waals surface area contributed by atoms with Crippen LogP contribution in [0, 0.1) is 0 Å². The van der Waals surface area contributed by atoms with Gasteiger partial charge >= 0.3 is 6.03 Å². The molecule has 1 fully saturated rings. The Morgan fingerprint density at radius 2 is 1.97 bits per heavy atom. The van der Waals surface area contributed by atoms with Gasteiger partial charge in [-0.2, -0.15) is 0 Å². The maximum Gasteiger partial charge on any atom is 0.317 e. The maximum atomic E-state index is 12.5. The Hall–Kier alpha value is -2.64. The molecule has 7 heteroatoms. The largest absolute Gasteiger partial charge is 0.497 e. The second kappa shape index (κ2) is 8.80. The van der Waals surface area contributed by atoms with Gasteiger partial charge in [-0.25, -0.2) is 9.78 Å². The van der Waals surface area contributed by atoms with Gasteiger partial charge in [0.2, 0.25) is 0 Å². The highest BCUT2D eigenvalue weighted by molar-refractivity contribution is 7.18. The fourth-order valence-electron chi connectivity index (χ4n) is 3.61. The van der Waals surface area contributed by atoms with Crippen molar-refractivity contribution in [3.63, 3.8) is 0 Å². The first-order valence-corrected chi connectivity index (χ1v) is 10.7. The molecule has 1 aromatic heterocycles. The van der Waals surface area contributed by atoms with E-state index < -0.39 is 0 Å². The molecule has 1 aliphatic rings. The Bertz CT molecular complexity index is 949. The van der Waals surface area contributed by atoms with E-state index in [0.29, 0.717) is 6.54 Å². The van der Waals surface area contributed by atoms with E-state index in [1.54, 1.807) is 18.4 Å². The van der Waals surface area contributed by atoms with E-state index in [0.717, 1.165) is 48.0 Å². The number of nitrogens with one attached hydrogen (secondary N) is 1. The molecule has 2 amide bonds. The lowest BCUT2D eigenvalue weighted by molar-refractivity contribution is 0.114. The summed E-state index contributed by atoms with van der Waals surface area (Å²) in [4.78, 5) is 21.6. The molecule has 0 radical (unpaired) electrons. The zero-order valence-corrected chi connectivity index (χ0v) is 17.6. The number of para-hydroxylation sites is 1. The van der Waals surface area contributed by atoms with E-state index in [4.69, 9.17) is 9.72 Å². The van der Waals surface area contributed by atoms with Crippen LogP contribution in [0.25, 0.3) is 10.2 Å². The minimum atomic E-state index is -0.0138. The van der Waals surface area contributed by atoms with Gasteiger partial charge in [0.1, 0.15) is 10.8 Å². The number of carbonyl (C=O) groups excluding carboxylic acids is 1. The van der Waals surface area contributed by atoms with Crippen molar-refractivity contribution < 1.29 is 9.53 Å². The van der Waals surface area contributed by atoms with Crippen molar-refractivity contribution in [2.75, 3.05) is 33.3 Å². The summed E-state index contributed by atoms with van der Waals surface area (Å²) in [5, 5.41) is 4.16. The van der Waals surface area contributed by atoms with Crippen LogP contribution in [0.15, 0.2) is 48.5 Å². The number of thiazole rings is 1. The summed E-state index contributed by atoms with van der Waals surface area (Å²) in [6.45, 7) is 5.85. The summed E-state index contributed by atoms with van der Waals surface area (Å²) in [6, 6.07) is 16.3. The average molecular weight is 411 g/mol. The molecule has 1 aliphatic heterocycles. The van der Waals surface area contributed by atoms with Crippen LogP contribution in [0.5, 0.6) is 5.75 Å². The van der Waals surface area contributed by atoms with E-state index in [2.05, 4.69) is 35.3 Å². The van der Waals surface area contributed by atoms with Crippen LogP contribution in [-0.2, 0) is 6.54 Å². The molecule has 4 rings (SSSR count). The molecule has 0 saturated carbocycles. The monoisotopic (exact) mass is 410 g/mol. The molecule has 0 spiro atoms. The molecular weight excluding hydrogens is 384 g/mol. The summed E-state index contributed by atoms with van der Waals surface area (Å²) in [7, 11) is 1.65. The molecule has 1 N–H and O–H groups in total. The number of nitrogens with zero attached hydrogens (tertiary/aromatic N) is 3. The van der Waals surface area contributed by atoms with Gasteiger partial charge in [0, 0.05) is 32.7 Å². The highest BCUT2D eigenvalue weighted by Crippen LogP contribution is 2.29. The predicted octanol–water partition coefficient (Wildman–Crippen LogP) is 3.89. The molecule has 1 unspecified atom stereocenters. The number of ether oxygens (including phenoxy) is 1. The number of piperazine rings is 1. The Morgan fingerprint density at radius 3 is 2.72 bits per heavy atom. The number of carbonyl (C=O) groups is 1. The first-order chi connectivity index (χ1) is 14.1. The Labute approximate surface area is 175 Å². The van der Waals surface area contributed by atoms with Crippen molar-refractivity contribution in [2.24, 2.45) is 0 Å². The second-order valence-electron chi connectivity index (χ2n) is 7.23. The van der Waals surface area contributed by atoms with E-state index in [-0.39, 0.29) is 12.1 Å². The third kappa shape index (κ3) is 4.52. The van der Waals surface area contributed by atoms with Gasteiger partial charge in [-0.15, -0.1) is 11.3 Å². The van der Waals surface area contributed by atoms with Gasteiger partial charge in [0.15, 0.2) is 0 Å². The Balaban J connectivity index is 1.29. The number of amides is 2. The van der Waals surface area contributed by atoms with Gasteiger partial charge < -0.3 is 15.0 Å². The Kier molecular flexibility index (Phi) is 5.97. The second-order valence-corrected chi connectivity index (χ2v) is 8.29. The van der Waals surface area contributed by atoms with Crippen molar-refractivity contribution in [1.82, 2.24) is 20.1 Å². The summed E-state index contributed by atoms with van der Waals surface area (Å²) >= 11 is 1.76. The molecule has 2 heterocycles. The molecule has 6 nitrogen and oxygen atoms in total. The first-order valence-electron chi connectivity index (χ1n) is 9.89. The van der Waals surface area contributed by atoms with Gasteiger partial charge in [0.25, 0.3) is 0 Å². The van der Waals surface area contributed by atoms with Gasteiger partial charge in [-0.3, -0.25) is 4.90 Å². The zero-order valence-electron chi connectivity index (χ0n) is 16.8. The van der Waals surface area contributed by atoms with E-state index in [1.807, 2.05) is 35.2 Å². The zero-order chi connectivity index (χ0) is 20.2. The lowest BCUT2D eigenvalue weighted by atomic mass is 10.2. The molecule has 1 saturated heterocycles. The van der Waals surface area contributed by atoms with Crippen LogP contribution in [-0.4, -0.2) is 54.1 Å². The predicted molar refractivity (Wildman–Crippen MR) is 116 cm³/mol. The Morgan fingerprint density at radius 1 is 1.17 bits per heavy atom. The van der Waals surface area contributed by atoms with Gasteiger partial charge in [-0.1, -0.05) is 24.3 Å². The number of hydrogen-bond donors (Lipinski definition) is 1. The minimum absolute atomic E-state index is 0.0138. The standard InChI is InChI=1S/C22H26N4O2S/c1-16(21-24-19-8-3-4-9-20(19)29-21)25-10-12-26(13-11-25)22(27)23-15-17-6-5-7-18(14-17)28-2/h3-9,14,16H,10-13,15H2,1-2H3,(H,23,27). The average Bonchev–Trinajstić information content (AvgIpc) is 3.21. The van der Waals surface area contributed by atoms with Crippen LogP contribution < -0.4 is 10.1 Å². The third-order valence-corrected chi connectivity index (χ3v) is 6.60. The highest BCUT2D eigenvalue weighted by Gasteiger charge is 2.26. The van der Waals surface area contributed by atoms with Crippen molar-refractivity contribution in [2.45, 2.75) is 19.5 Å². The van der Waals surface area contributed by atoms with Crippen LogP contribution >= 0.6 is 11.3 Å². The van der Waals surface area contributed by atoms with Crippen LogP contribution in [0.4, 0.5) is 4.79 Å². The van der Waals surface area contributed by atoms with Crippen molar-refractivity contribution in [3.05, 3.63) is 59.1 Å². The maximum absolute atomic E-state index is 12.5. The molecule has 0 bridgehead atoms. The number of fused-ring (bicyclic) bond motifs is 1. The summed E-state index contributed by atoms with van der Waals surface area (Å²) < 4.78 is 6.46. The topological polar surface area (TPSA) is 57.7 Å². The lowest BCUT2D eigenvalue weighted by Gasteiger charge is -2.37. The van der Waals surface area contributed by atoms with Crippen molar-refractivity contribution in [3.8, 4) is 5.75 Å². The first kappa shape index (κ1) is 19.7.